The van der Waals surface area contributed by atoms with Crippen molar-refractivity contribution in [1.29, 1.82) is 0 Å². The topological polar surface area (TPSA) is 45.7 Å². The summed E-state index contributed by atoms with van der Waals surface area (Å²) >= 11 is 0. The fourth-order valence-corrected chi connectivity index (χ4v) is 2.69. The van der Waals surface area contributed by atoms with Crippen LogP contribution in [0.1, 0.15) is 45.4 Å². The molecule has 22 heavy (non-hydrogen) atoms. The number of nitrogens with one attached hydrogen (secondary N) is 2. The fourth-order valence-electron chi connectivity index (χ4n) is 2.69. The number of hydrogen-bond acceptors (Lipinski definition) is 2. The molecule has 0 spiro atoms. The summed E-state index contributed by atoms with van der Waals surface area (Å²) in [5.41, 5.74) is 0. The number of guanidine groups is 1. The van der Waals surface area contributed by atoms with Crippen LogP contribution in [0.15, 0.2) is 35.3 Å². The molecule has 1 aromatic rings. The van der Waals surface area contributed by atoms with Gasteiger partial charge >= 0.3 is 0 Å². The molecule has 122 valence electrons. The number of hydrogen-bond donors (Lipinski definition) is 2. The first-order valence-electron chi connectivity index (χ1n) is 8.61. The molecule has 0 bridgehead atoms. The van der Waals surface area contributed by atoms with Gasteiger partial charge in [-0.15, -0.1) is 0 Å². The van der Waals surface area contributed by atoms with Gasteiger partial charge in [0.05, 0.1) is 6.61 Å². The largest absolute Gasteiger partial charge is 0.494 e. The van der Waals surface area contributed by atoms with Crippen molar-refractivity contribution in [2.75, 3.05) is 19.7 Å². The summed E-state index contributed by atoms with van der Waals surface area (Å²) in [5.74, 6) is 1.92. The summed E-state index contributed by atoms with van der Waals surface area (Å²) in [7, 11) is 0. The Kier molecular flexibility index (Phi) is 7.64. The highest BCUT2D eigenvalue weighted by atomic mass is 16.5. The Bertz CT molecular complexity index is 427. The third kappa shape index (κ3) is 6.37. The predicted molar refractivity (Wildman–Crippen MR) is 92.5 cm³/mol. The first-order valence-corrected chi connectivity index (χ1v) is 8.61. The lowest BCUT2D eigenvalue weighted by Gasteiger charge is -2.16. The fraction of sp³-hybridized carbons (Fsp3) is 0.611. The molecular formula is C18H29N3O. The molecule has 0 radical (unpaired) electrons. The number of aliphatic imine (C=N–C) groups is 1. The predicted octanol–water partition coefficient (Wildman–Crippen LogP) is 3.34. The van der Waals surface area contributed by atoms with E-state index in [1.54, 1.807) is 0 Å². The van der Waals surface area contributed by atoms with Crippen molar-refractivity contribution in [3.8, 4) is 5.75 Å². The lowest BCUT2D eigenvalue weighted by molar-refractivity contribution is 0.308. The minimum Gasteiger partial charge on any atom is -0.494 e. The average molecular weight is 303 g/mol. The van der Waals surface area contributed by atoms with Crippen LogP contribution in [-0.4, -0.2) is 31.7 Å². The van der Waals surface area contributed by atoms with Crippen LogP contribution >= 0.6 is 0 Å². The zero-order valence-corrected chi connectivity index (χ0v) is 13.7. The normalized spacial score (nSPS) is 15.8. The highest BCUT2D eigenvalue weighted by Crippen LogP contribution is 2.17. The quantitative estimate of drug-likeness (QED) is 0.440. The average Bonchev–Trinajstić information content (AvgIpc) is 3.05. The summed E-state index contributed by atoms with van der Waals surface area (Å²) in [5, 5.41) is 6.88. The molecule has 0 unspecified atom stereocenters. The molecule has 0 aromatic heterocycles. The van der Waals surface area contributed by atoms with Crippen LogP contribution in [0.2, 0.25) is 0 Å². The van der Waals surface area contributed by atoms with Crippen molar-refractivity contribution in [3.63, 3.8) is 0 Å². The van der Waals surface area contributed by atoms with Crippen LogP contribution < -0.4 is 15.4 Å². The van der Waals surface area contributed by atoms with Crippen molar-refractivity contribution >= 4 is 5.96 Å². The molecule has 1 fully saturated rings. The van der Waals surface area contributed by atoms with E-state index in [9.17, 15) is 0 Å². The molecule has 0 saturated heterocycles. The van der Waals surface area contributed by atoms with Gasteiger partial charge in [-0.2, -0.15) is 0 Å². The van der Waals surface area contributed by atoms with E-state index in [-0.39, 0.29) is 0 Å². The number of para-hydroxylation sites is 1. The van der Waals surface area contributed by atoms with Gasteiger partial charge in [-0.25, -0.2) is 0 Å². The van der Waals surface area contributed by atoms with Crippen LogP contribution in [0.3, 0.4) is 0 Å². The zero-order valence-electron chi connectivity index (χ0n) is 13.7. The van der Waals surface area contributed by atoms with Gasteiger partial charge in [0.2, 0.25) is 0 Å². The third-order valence-electron chi connectivity index (χ3n) is 3.87. The maximum absolute atomic E-state index is 5.69. The van der Waals surface area contributed by atoms with Crippen molar-refractivity contribution in [2.45, 2.75) is 51.5 Å². The molecule has 0 atom stereocenters. The van der Waals surface area contributed by atoms with Crippen molar-refractivity contribution in [2.24, 2.45) is 4.99 Å². The number of benzene rings is 1. The number of unbranched alkanes of at least 4 members (excludes halogenated alkanes) is 1. The summed E-state index contributed by atoms with van der Waals surface area (Å²) in [4.78, 5) is 4.66. The first-order chi connectivity index (χ1) is 10.9. The minimum atomic E-state index is 0.610. The SMILES string of the molecule is CCNC(=NCCCCOc1ccccc1)NC1CCCC1. The van der Waals surface area contributed by atoms with Gasteiger partial charge in [0.25, 0.3) is 0 Å². The van der Waals surface area contributed by atoms with E-state index in [2.05, 4.69) is 22.5 Å². The third-order valence-corrected chi connectivity index (χ3v) is 3.87. The molecule has 1 saturated carbocycles. The van der Waals surface area contributed by atoms with E-state index in [1.807, 2.05) is 30.3 Å². The molecule has 0 heterocycles. The summed E-state index contributed by atoms with van der Waals surface area (Å²) in [6.07, 6.45) is 7.31. The van der Waals surface area contributed by atoms with Gasteiger partial charge in [0.1, 0.15) is 5.75 Å². The van der Waals surface area contributed by atoms with E-state index < -0.39 is 0 Å². The molecule has 2 rings (SSSR count). The van der Waals surface area contributed by atoms with E-state index in [0.717, 1.165) is 44.2 Å². The van der Waals surface area contributed by atoms with Crippen molar-refractivity contribution < 1.29 is 4.74 Å². The van der Waals surface area contributed by atoms with Gasteiger partial charge in [-0.3, -0.25) is 4.99 Å². The van der Waals surface area contributed by atoms with Gasteiger partial charge in [0, 0.05) is 19.1 Å². The van der Waals surface area contributed by atoms with Crippen LogP contribution in [0.5, 0.6) is 5.75 Å². The van der Waals surface area contributed by atoms with Crippen molar-refractivity contribution in [3.05, 3.63) is 30.3 Å². The number of rotatable bonds is 8. The van der Waals surface area contributed by atoms with Gasteiger partial charge in [0.15, 0.2) is 5.96 Å². The minimum absolute atomic E-state index is 0.610. The molecule has 1 aliphatic rings. The van der Waals surface area contributed by atoms with E-state index in [0.29, 0.717) is 6.04 Å². The molecule has 1 aliphatic carbocycles. The van der Waals surface area contributed by atoms with Gasteiger partial charge < -0.3 is 15.4 Å². The molecule has 1 aromatic carbocycles. The number of nitrogens with zero attached hydrogens (tertiary/aromatic N) is 1. The molecule has 0 aliphatic heterocycles. The van der Waals surface area contributed by atoms with Gasteiger partial charge in [-0.05, 0) is 44.7 Å². The second-order valence-electron chi connectivity index (χ2n) is 5.75. The Balaban J connectivity index is 1.61. The Morgan fingerprint density at radius 2 is 1.95 bits per heavy atom. The maximum atomic E-state index is 5.69. The van der Waals surface area contributed by atoms with Crippen LogP contribution in [0.25, 0.3) is 0 Å². The second-order valence-corrected chi connectivity index (χ2v) is 5.75. The lowest BCUT2D eigenvalue weighted by atomic mass is 10.2. The molecule has 2 N–H and O–H groups in total. The van der Waals surface area contributed by atoms with E-state index in [1.165, 1.54) is 25.7 Å². The summed E-state index contributed by atoms with van der Waals surface area (Å²) in [6.45, 7) is 4.63. The monoisotopic (exact) mass is 303 g/mol. The summed E-state index contributed by atoms with van der Waals surface area (Å²) < 4.78 is 5.69. The molecule has 4 heteroatoms. The Hall–Kier alpha value is -1.71. The zero-order chi connectivity index (χ0) is 15.5. The van der Waals surface area contributed by atoms with Crippen LogP contribution in [0, 0.1) is 0 Å². The highest BCUT2D eigenvalue weighted by molar-refractivity contribution is 5.80. The van der Waals surface area contributed by atoms with Crippen molar-refractivity contribution in [1.82, 2.24) is 10.6 Å². The standard InChI is InChI=1S/C18H29N3O/c1-2-19-18(21-16-10-6-7-11-16)20-14-8-9-15-22-17-12-4-3-5-13-17/h3-5,12-13,16H,2,6-11,14-15H2,1H3,(H2,19,20,21). The Morgan fingerprint density at radius 3 is 2.68 bits per heavy atom. The van der Waals surface area contributed by atoms with E-state index in [4.69, 9.17) is 4.74 Å². The lowest BCUT2D eigenvalue weighted by Crippen LogP contribution is -2.42. The number of ether oxygens (including phenoxy) is 1. The van der Waals surface area contributed by atoms with E-state index >= 15 is 0 Å². The van der Waals surface area contributed by atoms with Crippen LogP contribution in [-0.2, 0) is 0 Å². The van der Waals surface area contributed by atoms with Gasteiger partial charge in [-0.1, -0.05) is 31.0 Å². The first kappa shape index (κ1) is 16.7. The second kappa shape index (κ2) is 10.1. The Labute approximate surface area is 134 Å². The summed E-state index contributed by atoms with van der Waals surface area (Å²) in [6, 6.07) is 10.6. The molecule has 0 amide bonds. The maximum Gasteiger partial charge on any atom is 0.191 e. The smallest absolute Gasteiger partial charge is 0.191 e. The highest BCUT2D eigenvalue weighted by Gasteiger charge is 2.15. The molecule has 4 nitrogen and oxygen atoms in total. The Morgan fingerprint density at radius 1 is 1.18 bits per heavy atom. The van der Waals surface area contributed by atoms with Crippen LogP contribution in [0.4, 0.5) is 0 Å². The molecular weight excluding hydrogens is 274 g/mol.